The third kappa shape index (κ3) is 1.72. The standard InChI is InChI=1S/C16H11F2NO/c1-10-6-5-9-19-14(10)12(17)13(18)15(19)16(20)11-7-3-2-4-8-11/h2-9H,1H3. The van der Waals surface area contributed by atoms with Crippen LogP contribution in [0.3, 0.4) is 0 Å². The molecular formula is C16H11F2NO. The number of aromatic nitrogens is 1. The summed E-state index contributed by atoms with van der Waals surface area (Å²) >= 11 is 0. The van der Waals surface area contributed by atoms with Gasteiger partial charge in [0, 0.05) is 11.8 Å². The Morgan fingerprint density at radius 3 is 2.40 bits per heavy atom. The first-order chi connectivity index (χ1) is 9.61. The first-order valence-corrected chi connectivity index (χ1v) is 6.15. The molecule has 2 aromatic heterocycles. The Bertz CT molecular complexity index is 806. The number of benzene rings is 1. The van der Waals surface area contributed by atoms with E-state index in [-0.39, 0.29) is 11.2 Å². The molecule has 0 amide bonds. The van der Waals surface area contributed by atoms with Crippen LogP contribution in [-0.4, -0.2) is 10.2 Å². The molecule has 0 aliphatic rings. The zero-order chi connectivity index (χ0) is 14.3. The lowest BCUT2D eigenvalue weighted by Crippen LogP contribution is -2.07. The van der Waals surface area contributed by atoms with Crippen molar-refractivity contribution in [3.05, 3.63) is 77.1 Å². The number of ketones is 1. The second-order valence-electron chi connectivity index (χ2n) is 4.58. The Morgan fingerprint density at radius 1 is 1.00 bits per heavy atom. The maximum absolute atomic E-state index is 14.1. The number of carbonyl (C=O) groups excluding carboxylic acids is 1. The van der Waals surface area contributed by atoms with Crippen molar-refractivity contribution >= 4 is 11.3 Å². The number of carbonyl (C=O) groups is 1. The maximum Gasteiger partial charge on any atom is 0.212 e. The minimum absolute atomic E-state index is 0.101. The first kappa shape index (κ1) is 12.5. The van der Waals surface area contributed by atoms with E-state index < -0.39 is 17.4 Å². The highest BCUT2D eigenvalue weighted by molar-refractivity contribution is 6.08. The number of nitrogens with zero attached hydrogens (tertiary/aromatic N) is 1. The van der Waals surface area contributed by atoms with E-state index in [1.807, 2.05) is 0 Å². The Hall–Kier alpha value is -2.49. The summed E-state index contributed by atoms with van der Waals surface area (Å²) in [6.07, 6.45) is 1.49. The Labute approximate surface area is 114 Å². The minimum atomic E-state index is -1.10. The first-order valence-electron chi connectivity index (χ1n) is 6.15. The van der Waals surface area contributed by atoms with E-state index in [1.54, 1.807) is 49.4 Å². The monoisotopic (exact) mass is 271 g/mol. The molecule has 100 valence electrons. The summed E-state index contributed by atoms with van der Waals surface area (Å²) in [5, 5.41) is 0. The normalized spacial score (nSPS) is 10.9. The van der Waals surface area contributed by atoms with Crippen molar-refractivity contribution in [1.29, 1.82) is 0 Å². The lowest BCUT2D eigenvalue weighted by atomic mass is 10.1. The van der Waals surface area contributed by atoms with E-state index in [0.29, 0.717) is 11.1 Å². The van der Waals surface area contributed by atoms with Gasteiger partial charge in [-0.05, 0) is 18.6 Å². The van der Waals surface area contributed by atoms with Gasteiger partial charge in [0.1, 0.15) is 5.69 Å². The predicted molar refractivity (Wildman–Crippen MR) is 71.9 cm³/mol. The molecule has 2 nitrogen and oxygen atoms in total. The Kier molecular flexibility index (Phi) is 2.86. The lowest BCUT2D eigenvalue weighted by Gasteiger charge is -2.03. The van der Waals surface area contributed by atoms with Crippen LogP contribution in [0.15, 0.2) is 48.7 Å². The SMILES string of the molecule is Cc1cccn2c(C(=O)c3ccccc3)c(F)c(F)c12. The summed E-state index contributed by atoms with van der Waals surface area (Å²) in [6, 6.07) is 11.6. The number of pyridine rings is 1. The number of aryl methyl sites for hydroxylation is 1. The number of rotatable bonds is 2. The van der Waals surface area contributed by atoms with Crippen molar-refractivity contribution in [2.24, 2.45) is 0 Å². The summed E-state index contributed by atoms with van der Waals surface area (Å²) < 4.78 is 29.4. The molecule has 3 aromatic rings. The van der Waals surface area contributed by atoms with Gasteiger partial charge < -0.3 is 4.40 Å². The molecule has 20 heavy (non-hydrogen) atoms. The van der Waals surface area contributed by atoms with Crippen molar-refractivity contribution in [2.75, 3.05) is 0 Å². The molecule has 4 heteroatoms. The number of halogens is 2. The minimum Gasteiger partial charge on any atom is -0.308 e. The molecule has 0 saturated heterocycles. The summed E-state index contributed by atoms with van der Waals surface area (Å²) in [4.78, 5) is 12.4. The molecule has 0 atom stereocenters. The number of hydrogen-bond donors (Lipinski definition) is 0. The highest BCUT2D eigenvalue weighted by atomic mass is 19.2. The molecular weight excluding hydrogens is 260 g/mol. The van der Waals surface area contributed by atoms with Crippen LogP contribution in [-0.2, 0) is 0 Å². The highest BCUT2D eigenvalue weighted by Gasteiger charge is 2.25. The van der Waals surface area contributed by atoms with Crippen LogP contribution in [0, 0.1) is 18.6 Å². The van der Waals surface area contributed by atoms with Crippen molar-refractivity contribution in [3.8, 4) is 0 Å². The molecule has 0 fully saturated rings. The maximum atomic E-state index is 14.1. The van der Waals surface area contributed by atoms with Gasteiger partial charge in [0.15, 0.2) is 11.6 Å². The zero-order valence-corrected chi connectivity index (χ0v) is 10.7. The molecule has 2 heterocycles. The fourth-order valence-electron chi connectivity index (χ4n) is 2.33. The third-order valence-corrected chi connectivity index (χ3v) is 3.30. The van der Waals surface area contributed by atoms with Gasteiger partial charge in [-0.1, -0.05) is 36.4 Å². The van der Waals surface area contributed by atoms with E-state index in [4.69, 9.17) is 0 Å². The van der Waals surface area contributed by atoms with Crippen LogP contribution < -0.4 is 0 Å². The fourth-order valence-corrected chi connectivity index (χ4v) is 2.33. The van der Waals surface area contributed by atoms with Crippen LogP contribution in [0.5, 0.6) is 0 Å². The van der Waals surface area contributed by atoms with Crippen molar-refractivity contribution in [1.82, 2.24) is 4.40 Å². The fraction of sp³-hybridized carbons (Fsp3) is 0.0625. The van der Waals surface area contributed by atoms with Gasteiger partial charge in [-0.2, -0.15) is 0 Å². The second-order valence-corrected chi connectivity index (χ2v) is 4.58. The third-order valence-electron chi connectivity index (χ3n) is 3.30. The van der Waals surface area contributed by atoms with Gasteiger partial charge in [0.05, 0.1) is 5.52 Å². The van der Waals surface area contributed by atoms with Crippen LogP contribution in [0.4, 0.5) is 8.78 Å². The molecule has 0 radical (unpaired) electrons. The summed E-state index contributed by atoms with van der Waals surface area (Å²) in [6.45, 7) is 1.68. The van der Waals surface area contributed by atoms with Crippen LogP contribution >= 0.6 is 0 Å². The molecule has 3 rings (SSSR count). The number of hydrogen-bond acceptors (Lipinski definition) is 1. The van der Waals surface area contributed by atoms with Crippen molar-refractivity contribution in [2.45, 2.75) is 6.92 Å². The van der Waals surface area contributed by atoms with Gasteiger partial charge >= 0.3 is 0 Å². The molecule has 0 aliphatic carbocycles. The molecule has 0 spiro atoms. The van der Waals surface area contributed by atoms with Gasteiger partial charge in [-0.3, -0.25) is 4.79 Å². The average molecular weight is 271 g/mol. The summed E-state index contributed by atoms with van der Waals surface area (Å²) in [5.41, 5.74) is 0.736. The molecule has 0 saturated carbocycles. The van der Waals surface area contributed by atoms with Crippen molar-refractivity contribution in [3.63, 3.8) is 0 Å². The van der Waals surface area contributed by atoms with Crippen LogP contribution in [0.1, 0.15) is 21.6 Å². The average Bonchev–Trinajstić information content (AvgIpc) is 2.72. The van der Waals surface area contributed by atoms with E-state index in [9.17, 15) is 13.6 Å². The van der Waals surface area contributed by atoms with Crippen LogP contribution in [0.25, 0.3) is 5.52 Å². The van der Waals surface area contributed by atoms with E-state index in [0.717, 1.165) is 0 Å². The number of fused-ring (bicyclic) bond motifs is 1. The molecule has 0 N–H and O–H groups in total. The van der Waals surface area contributed by atoms with E-state index in [1.165, 1.54) is 10.6 Å². The molecule has 0 bridgehead atoms. The van der Waals surface area contributed by atoms with Gasteiger partial charge in [-0.15, -0.1) is 0 Å². The predicted octanol–water partition coefficient (Wildman–Crippen LogP) is 3.76. The molecule has 1 aromatic carbocycles. The zero-order valence-electron chi connectivity index (χ0n) is 10.7. The topological polar surface area (TPSA) is 21.5 Å². The van der Waals surface area contributed by atoms with Crippen molar-refractivity contribution < 1.29 is 13.6 Å². The Morgan fingerprint density at radius 2 is 1.70 bits per heavy atom. The van der Waals surface area contributed by atoms with E-state index >= 15 is 0 Å². The lowest BCUT2D eigenvalue weighted by molar-refractivity contribution is 0.102. The van der Waals surface area contributed by atoms with Gasteiger partial charge in [0.25, 0.3) is 0 Å². The smallest absolute Gasteiger partial charge is 0.212 e. The second kappa shape index (κ2) is 4.56. The largest absolute Gasteiger partial charge is 0.308 e. The molecule has 0 aliphatic heterocycles. The molecule has 0 unspecified atom stereocenters. The quantitative estimate of drug-likeness (QED) is 0.650. The van der Waals surface area contributed by atoms with E-state index in [2.05, 4.69) is 0 Å². The Balaban J connectivity index is 2.30. The summed E-state index contributed by atoms with van der Waals surface area (Å²) in [5.74, 6) is -2.62. The van der Waals surface area contributed by atoms with Gasteiger partial charge in [0.2, 0.25) is 5.78 Å². The van der Waals surface area contributed by atoms with Crippen LogP contribution in [0.2, 0.25) is 0 Å². The summed E-state index contributed by atoms with van der Waals surface area (Å²) in [7, 11) is 0. The van der Waals surface area contributed by atoms with Gasteiger partial charge in [-0.25, -0.2) is 8.78 Å². The highest BCUT2D eigenvalue weighted by Crippen LogP contribution is 2.25.